The molecular weight excluding hydrogens is 262 g/mol. The second-order valence-electron chi connectivity index (χ2n) is 4.71. The molecule has 0 saturated carbocycles. The van der Waals surface area contributed by atoms with Gasteiger partial charge in [-0.05, 0) is 49.0 Å². The number of halogens is 1. The lowest BCUT2D eigenvalue weighted by atomic mass is 9.84. The van der Waals surface area contributed by atoms with Crippen molar-refractivity contribution in [1.82, 2.24) is 4.90 Å². The van der Waals surface area contributed by atoms with E-state index in [9.17, 15) is 5.11 Å². The molecule has 4 heteroatoms. The number of rotatable bonds is 2. The van der Waals surface area contributed by atoms with E-state index in [2.05, 4.69) is 0 Å². The Labute approximate surface area is 130 Å². The van der Waals surface area contributed by atoms with Crippen LogP contribution < -0.4 is 0 Å². The summed E-state index contributed by atoms with van der Waals surface area (Å²) in [5.41, 5.74) is 1.76. The molecule has 0 aromatic heterocycles. The number of fused-ring (bicyclic) bond motifs is 3. The van der Waals surface area contributed by atoms with Crippen molar-refractivity contribution < 1.29 is 19.4 Å². The fourth-order valence-corrected chi connectivity index (χ4v) is 2.91. The molecule has 106 valence electrons. The Morgan fingerprint density at radius 2 is 2.47 bits per heavy atom. The number of hydrogen-bond donors (Lipinski definition) is 1. The van der Waals surface area contributed by atoms with Crippen LogP contribution in [0.5, 0.6) is 5.75 Å². The Balaban J connectivity index is 0.00000243. The maximum atomic E-state index is 9.76. The first-order chi connectivity index (χ1) is 11.5. The van der Waals surface area contributed by atoms with E-state index in [4.69, 9.17) is 14.3 Å². The Kier molecular flexibility index (Phi) is 2.53. The quantitative estimate of drug-likeness (QED) is 0.909. The number of aryl methyl sites for hydroxylation is 1. The Morgan fingerprint density at radius 1 is 1.58 bits per heavy atom. The summed E-state index contributed by atoms with van der Waals surface area (Å²) in [5.74, 6) is 0.0842. The minimum Gasteiger partial charge on any atom is -0.508 e. The van der Waals surface area contributed by atoms with Crippen LogP contribution in [-0.4, -0.2) is 35.7 Å². The predicted octanol–water partition coefficient (Wildman–Crippen LogP) is 2.91. The van der Waals surface area contributed by atoms with Gasteiger partial charge in [-0.15, -0.1) is 12.4 Å². The van der Waals surface area contributed by atoms with E-state index in [0.717, 1.165) is 11.1 Å². The van der Waals surface area contributed by atoms with E-state index < -0.39 is 31.9 Å². The summed E-state index contributed by atoms with van der Waals surface area (Å²) in [7, 11) is 0. The van der Waals surface area contributed by atoms with E-state index in [1.807, 2.05) is 0 Å². The van der Waals surface area contributed by atoms with Crippen LogP contribution in [0, 0.1) is 0 Å². The third kappa shape index (κ3) is 2.73. The van der Waals surface area contributed by atoms with Crippen molar-refractivity contribution in [2.75, 3.05) is 19.6 Å². The summed E-state index contributed by atoms with van der Waals surface area (Å²) < 4.78 is 60.4. The first kappa shape index (κ1) is 7.87. The van der Waals surface area contributed by atoms with Gasteiger partial charge in [0.05, 0.1) is 12.7 Å². The zero-order valence-corrected chi connectivity index (χ0v) is 11.2. The minimum atomic E-state index is -3.09. The maximum Gasteiger partial charge on any atom is 0.115 e. The number of phenols is 1. The molecule has 3 rings (SSSR count). The Bertz CT molecular complexity index is 668. The summed E-state index contributed by atoms with van der Waals surface area (Å²) in [6.07, 6.45) is -2.39. The maximum absolute atomic E-state index is 9.76. The molecule has 0 amide bonds. The van der Waals surface area contributed by atoms with Crippen LogP contribution in [-0.2, 0) is 11.2 Å². The number of morpholine rings is 1. The summed E-state index contributed by atoms with van der Waals surface area (Å²) in [6.45, 7) is -5.50. The van der Waals surface area contributed by atoms with E-state index in [1.54, 1.807) is 18.2 Å². The highest BCUT2D eigenvalue weighted by Gasteiger charge is 2.36. The van der Waals surface area contributed by atoms with Gasteiger partial charge in [-0.3, -0.25) is 4.90 Å². The Morgan fingerprint density at radius 3 is 3.32 bits per heavy atom. The number of aromatic hydroxyl groups is 1. The van der Waals surface area contributed by atoms with Crippen molar-refractivity contribution >= 4 is 12.4 Å². The summed E-state index contributed by atoms with van der Waals surface area (Å²) in [4.78, 5) is 1.29. The number of ether oxygens (including phenoxy) is 1. The molecule has 2 aliphatic rings. The molecule has 1 aromatic rings. The normalized spacial score (nSPS) is 33.8. The van der Waals surface area contributed by atoms with Gasteiger partial charge in [0.25, 0.3) is 0 Å². The molecule has 0 radical (unpaired) electrons. The molecule has 1 aliphatic heterocycles. The third-order valence-electron chi connectivity index (χ3n) is 3.72. The van der Waals surface area contributed by atoms with Crippen LogP contribution in [0.15, 0.2) is 18.2 Å². The third-order valence-corrected chi connectivity index (χ3v) is 3.72. The van der Waals surface area contributed by atoms with Gasteiger partial charge in [0.2, 0.25) is 0 Å². The van der Waals surface area contributed by atoms with E-state index in [0.29, 0.717) is 12.8 Å². The summed E-state index contributed by atoms with van der Waals surface area (Å²) in [5, 5.41) is 9.76. The highest BCUT2D eigenvalue weighted by Crippen LogP contribution is 2.39. The van der Waals surface area contributed by atoms with Crippen LogP contribution in [0.3, 0.4) is 0 Å². The van der Waals surface area contributed by atoms with Crippen molar-refractivity contribution in [3.8, 4) is 5.75 Å². The molecule has 1 N–H and O–H groups in total. The first-order valence-electron chi connectivity index (χ1n) is 9.67. The van der Waals surface area contributed by atoms with Gasteiger partial charge in [0.15, 0.2) is 0 Å². The monoisotopic (exact) mass is 290 g/mol. The van der Waals surface area contributed by atoms with Gasteiger partial charge in [-0.25, -0.2) is 0 Å². The van der Waals surface area contributed by atoms with Crippen molar-refractivity contribution in [2.45, 2.75) is 38.2 Å². The molecule has 1 heterocycles. The van der Waals surface area contributed by atoms with Crippen LogP contribution in [0.2, 0.25) is 0 Å². The van der Waals surface area contributed by atoms with Gasteiger partial charge in [-0.2, -0.15) is 0 Å². The molecular formula is C15H22ClNO2. The fourth-order valence-electron chi connectivity index (χ4n) is 2.91. The smallest absolute Gasteiger partial charge is 0.115 e. The number of benzene rings is 1. The van der Waals surface area contributed by atoms with E-state index in [1.165, 1.54) is 4.90 Å². The molecule has 1 saturated heterocycles. The second kappa shape index (κ2) is 6.12. The lowest BCUT2D eigenvalue weighted by Gasteiger charge is -2.44. The first-order valence-corrected chi connectivity index (χ1v) is 6.17. The zero-order chi connectivity index (χ0) is 18.6. The van der Waals surface area contributed by atoms with Crippen LogP contribution in [0.1, 0.15) is 46.5 Å². The van der Waals surface area contributed by atoms with E-state index >= 15 is 0 Å². The topological polar surface area (TPSA) is 32.7 Å². The zero-order valence-electron chi connectivity index (χ0n) is 17.4. The van der Waals surface area contributed by atoms with Crippen molar-refractivity contribution in [2.24, 2.45) is 0 Å². The lowest BCUT2D eigenvalue weighted by molar-refractivity contribution is -0.0801. The summed E-state index contributed by atoms with van der Waals surface area (Å²) in [6, 6.07) is 4.49. The molecule has 0 bridgehead atoms. The molecule has 0 unspecified atom stereocenters. The van der Waals surface area contributed by atoms with Gasteiger partial charge >= 0.3 is 0 Å². The van der Waals surface area contributed by atoms with Crippen molar-refractivity contribution in [1.29, 1.82) is 0 Å². The molecule has 1 aromatic carbocycles. The van der Waals surface area contributed by atoms with E-state index in [-0.39, 0.29) is 31.3 Å². The molecule has 19 heavy (non-hydrogen) atoms. The average molecular weight is 291 g/mol. The van der Waals surface area contributed by atoms with Gasteiger partial charge in [0.1, 0.15) is 5.75 Å². The fraction of sp³-hybridized carbons (Fsp3) is 0.600. The van der Waals surface area contributed by atoms with Crippen molar-refractivity contribution in [3.05, 3.63) is 29.3 Å². The number of hydrogen-bond acceptors (Lipinski definition) is 3. The van der Waals surface area contributed by atoms with Crippen LogP contribution in [0.4, 0.5) is 0 Å². The average Bonchev–Trinajstić information content (AvgIpc) is 2.52. The summed E-state index contributed by atoms with van der Waals surface area (Å²) >= 11 is 0. The minimum absolute atomic E-state index is 0. The highest BCUT2D eigenvalue weighted by molar-refractivity contribution is 5.85. The predicted molar refractivity (Wildman–Crippen MR) is 78.0 cm³/mol. The molecule has 2 atom stereocenters. The van der Waals surface area contributed by atoms with Crippen LogP contribution in [0.25, 0.3) is 0 Å². The van der Waals surface area contributed by atoms with Crippen LogP contribution >= 0.6 is 12.4 Å². The van der Waals surface area contributed by atoms with Crippen molar-refractivity contribution in [3.63, 3.8) is 0 Å². The molecule has 1 aliphatic carbocycles. The molecule has 0 spiro atoms. The standard InChI is InChI=1S/C15H21NO2.ClH/c1-2-7-16-8-9-18-15-13-10-12(17)5-3-11(13)4-6-14(15)16;/h3,5,10,14-15,17H,2,4,6-9H2,1H3;1H/t14-,15-;/m0./s1/i1D3,2D2,7D2;. The SMILES string of the molecule is Cl.[2H]C([2H])([2H])C([2H])([2H])C([2H])([2H])N1CCO[C@H]2c3cc(O)ccc3CC[C@@H]21. The second-order valence-corrected chi connectivity index (χ2v) is 4.71. The largest absolute Gasteiger partial charge is 0.508 e. The Hall–Kier alpha value is -0.770. The van der Waals surface area contributed by atoms with Gasteiger partial charge in [0, 0.05) is 22.2 Å². The number of nitrogens with zero attached hydrogens (tertiary/aromatic N) is 1. The van der Waals surface area contributed by atoms with Gasteiger partial charge < -0.3 is 9.84 Å². The number of phenolic OH excluding ortho intramolecular Hbond substituents is 1. The molecule has 3 nitrogen and oxygen atoms in total. The lowest BCUT2D eigenvalue weighted by Crippen LogP contribution is -2.49. The highest BCUT2D eigenvalue weighted by atomic mass is 35.5. The molecule has 1 fully saturated rings. The van der Waals surface area contributed by atoms with Gasteiger partial charge in [-0.1, -0.05) is 12.9 Å².